The minimum Gasteiger partial charge on any atom is -0.444 e. The van der Waals surface area contributed by atoms with Crippen molar-refractivity contribution >= 4 is 30.9 Å². The van der Waals surface area contributed by atoms with Gasteiger partial charge >= 0.3 is 19.5 Å². The molecule has 2 heterocycles. The summed E-state index contributed by atoms with van der Waals surface area (Å²) in [7, 11) is -1.73. The molecular formula is C44H41BN6O11. The Hall–Kier alpha value is -7.80. The van der Waals surface area contributed by atoms with Gasteiger partial charge in [-0.05, 0) is 41.7 Å². The number of nitrogens with zero attached hydrogens (tertiary/aromatic N) is 6. The zero-order chi connectivity index (χ0) is 44.2. The molecule has 2 aromatic heterocycles. The first-order valence-electron chi connectivity index (χ1n) is 19.0. The maximum atomic E-state index is 11.5. The molecule has 62 heavy (non-hydrogen) atoms. The summed E-state index contributed by atoms with van der Waals surface area (Å²) in [4.78, 5) is 50.8. The van der Waals surface area contributed by atoms with Gasteiger partial charge < -0.3 is 24.2 Å². The van der Waals surface area contributed by atoms with E-state index in [1.54, 1.807) is 36.4 Å². The Kier molecular flexibility index (Phi) is 16.9. The normalized spacial score (nSPS) is 10.5. The number of carbonyl (C=O) groups excluding carboxylic acids is 2. The van der Waals surface area contributed by atoms with Crippen molar-refractivity contribution < 1.29 is 43.6 Å². The lowest BCUT2D eigenvalue weighted by molar-refractivity contribution is -0.386. The monoisotopic (exact) mass is 840 g/mol. The van der Waals surface area contributed by atoms with E-state index in [2.05, 4.69) is 82.8 Å². The van der Waals surface area contributed by atoms with E-state index in [0.717, 1.165) is 15.6 Å². The number of nitro benzene ring substituents is 2. The average molecular weight is 841 g/mol. The minimum absolute atomic E-state index is 0.0732. The van der Waals surface area contributed by atoms with Gasteiger partial charge in [-0.15, -0.1) is 0 Å². The second-order valence-corrected chi connectivity index (χ2v) is 13.1. The lowest BCUT2D eigenvalue weighted by Crippen LogP contribution is -2.30. The van der Waals surface area contributed by atoms with Gasteiger partial charge in [-0.2, -0.15) is 0 Å². The van der Waals surface area contributed by atoms with E-state index < -0.39 is 29.4 Å². The molecule has 0 aliphatic carbocycles. The van der Waals surface area contributed by atoms with Crippen molar-refractivity contribution in [3.63, 3.8) is 0 Å². The van der Waals surface area contributed by atoms with Gasteiger partial charge in [-0.3, -0.25) is 20.2 Å². The van der Waals surface area contributed by atoms with Crippen molar-refractivity contribution in [3.8, 4) is 0 Å². The molecule has 7 rings (SSSR count). The third-order valence-electron chi connectivity index (χ3n) is 9.27. The molecular weight excluding hydrogens is 799 g/mol. The van der Waals surface area contributed by atoms with Gasteiger partial charge in [-0.25, -0.2) is 28.7 Å². The van der Waals surface area contributed by atoms with Crippen LogP contribution < -0.4 is 0 Å². The van der Waals surface area contributed by atoms with Gasteiger partial charge in [0.2, 0.25) is 0 Å². The van der Waals surface area contributed by atoms with Gasteiger partial charge in [0.25, 0.3) is 11.4 Å². The molecule has 5 aromatic carbocycles. The zero-order valence-electron chi connectivity index (χ0n) is 33.1. The lowest BCUT2D eigenvalue weighted by Gasteiger charge is -2.36. The fraction of sp³-hybridized carbons (Fsp3) is 0.136. The second-order valence-electron chi connectivity index (χ2n) is 13.1. The van der Waals surface area contributed by atoms with Gasteiger partial charge in [0.1, 0.15) is 25.9 Å². The first-order valence-corrected chi connectivity index (χ1v) is 19.0. The molecule has 0 saturated carbocycles. The standard InChI is InChI=1S/C22H23BO3.2C11H9N3O4/c24-23(25)26-18-10-17-22(19-11-4-1-5-12-19,20-13-6-2-7-14-20)21-15-8-3-9-16-21;2*15-11(13-6-5-12-8-13)18-7-9-3-1-2-4-10(9)14(16)17/h1-9,11-16,24-25H,10,17-18H2;2*1-6,8H,7H2. The number of nitro groups is 2. The Morgan fingerprint density at radius 1 is 0.597 bits per heavy atom. The van der Waals surface area contributed by atoms with E-state index in [1.807, 2.05) is 18.2 Å². The van der Waals surface area contributed by atoms with Crippen molar-refractivity contribution in [1.29, 1.82) is 0 Å². The van der Waals surface area contributed by atoms with Gasteiger partial charge in [0.15, 0.2) is 0 Å². The number of hydrogen-bond acceptors (Lipinski definition) is 13. The first kappa shape index (κ1) is 45.3. The maximum Gasteiger partial charge on any atom is 0.633 e. The van der Waals surface area contributed by atoms with Crippen LogP contribution >= 0.6 is 0 Å². The summed E-state index contributed by atoms with van der Waals surface area (Å²) in [5.74, 6) is 0. The summed E-state index contributed by atoms with van der Waals surface area (Å²) >= 11 is 0. The van der Waals surface area contributed by atoms with Crippen molar-refractivity contribution in [1.82, 2.24) is 19.1 Å². The molecule has 0 atom stereocenters. The molecule has 0 unspecified atom stereocenters. The number of benzene rings is 5. The predicted molar refractivity (Wildman–Crippen MR) is 226 cm³/mol. The average Bonchev–Trinajstić information content (AvgIpc) is 4.06. The Bertz CT molecular complexity index is 2260. The summed E-state index contributed by atoms with van der Waals surface area (Å²) < 4.78 is 17.1. The van der Waals surface area contributed by atoms with Crippen molar-refractivity contribution in [2.45, 2.75) is 31.5 Å². The summed E-state index contributed by atoms with van der Waals surface area (Å²) in [6.45, 7) is -0.0335. The van der Waals surface area contributed by atoms with Crippen LogP contribution in [-0.2, 0) is 32.8 Å². The Morgan fingerprint density at radius 3 is 1.31 bits per heavy atom. The quantitative estimate of drug-likeness (QED) is 0.0352. The summed E-state index contributed by atoms with van der Waals surface area (Å²) in [5, 5.41) is 39.4. The van der Waals surface area contributed by atoms with Gasteiger partial charge in [-0.1, -0.05) is 115 Å². The van der Waals surface area contributed by atoms with Crippen LogP contribution in [0.25, 0.3) is 0 Å². The SMILES string of the molecule is O=C(OCc1ccccc1[N+](=O)[O-])n1ccnc1.O=C(OCc1ccccc1[N+](=O)[O-])n1ccnc1.OB(O)OCCCC(c1ccccc1)(c1ccccc1)c1ccccc1. The van der Waals surface area contributed by atoms with Crippen LogP contribution in [0.3, 0.4) is 0 Å². The molecule has 0 aliphatic heterocycles. The van der Waals surface area contributed by atoms with Crippen molar-refractivity contribution in [2.75, 3.05) is 6.61 Å². The number of aromatic nitrogens is 4. The second kappa shape index (κ2) is 23.1. The zero-order valence-corrected chi connectivity index (χ0v) is 33.1. The molecule has 0 spiro atoms. The van der Waals surface area contributed by atoms with E-state index in [4.69, 9.17) is 24.2 Å². The largest absolute Gasteiger partial charge is 0.633 e. The fourth-order valence-corrected chi connectivity index (χ4v) is 6.41. The molecule has 18 heteroatoms. The Morgan fingerprint density at radius 2 is 0.968 bits per heavy atom. The van der Waals surface area contributed by atoms with Crippen LogP contribution in [0.15, 0.2) is 177 Å². The van der Waals surface area contributed by atoms with Crippen LogP contribution in [-0.4, -0.2) is 65.1 Å². The highest BCUT2D eigenvalue weighted by Gasteiger charge is 2.35. The number of carbonyl (C=O) groups is 2. The fourth-order valence-electron chi connectivity index (χ4n) is 6.41. The molecule has 17 nitrogen and oxygen atoms in total. The highest BCUT2D eigenvalue weighted by molar-refractivity contribution is 6.32. The topological polar surface area (TPSA) is 224 Å². The molecule has 7 aromatic rings. The number of hydrogen-bond donors (Lipinski definition) is 2. The maximum absolute atomic E-state index is 11.5. The number of ether oxygens (including phenoxy) is 2. The van der Waals surface area contributed by atoms with Crippen molar-refractivity contribution in [3.05, 3.63) is 225 Å². The molecule has 0 amide bonds. The van der Waals surface area contributed by atoms with E-state index in [0.29, 0.717) is 17.5 Å². The van der Waals surface area contributed by atoms with Crippen LogP contribution in [0.4, 0.5) is 21.0 Å². The highest BCUT2D eigenvalue weighted by Crippen LogP contribution is 2.43. The van der Waals surface area contributed by atoms with E-state index >= 15 is 0 Å². The third kappa shape index (κ3) is 12.6. The van der Waals surface area contributed by atoms with Crippen LogP contribution in [0.2, 0.25) is 0 Å². The van der Waals surface area contributed by atoms with Crippen LogP contribution in [0.1, 0.15) is 40.7 Å². The lowest BCUT2D eigenvalue weighted by atomic mass is 9.67. The van der Waals surface area contributed by atoms with Gasteiger partial charge in [0.05, 0.1) is 21.0 Å². The van der Waals surface area contributed by atoms with E-state index in [1.165, 1.54) is 66.3 Å². The van der Waals surface area contributed by atoms with E-state index in [-0.39, 0.29) is 36.6 Å². The van der Waals surface area contributed by atoms with E-state index in [9.17, 15) is 29.8 Å². The van der Waals surface area contributed by atoms with Crippen LogP contribution in [0.5, 0.6) is 0 Å². The minimum atomic E-state index is -1.73. The third-order valence-corrected chi connectivity index (χ3v) is 9.27. The molecule has 316 valence electrons. The molecule has 0 bridgehead atoms. The predicted octanol–water partition coefficient (Wildman–Crippen LogP) is 7.74. The number of para-hydroxylation sites is 2. The summed E-state index contributed by atoms with van der Waals surface area (Å²) in [6, 6.07) is 43.6. The van der Waals surface area contributed by atoms with Crippen molar-refractivity contribution in [2.24, 2.45) is 0 Å². The molecule has 0 radical (unpaired) electrons. The molecule has 0 saturated heterocycles. The molecule has 2 N–H and O–H groups in total. The smallest absolute Gasteiger partial charge is 0.444 e. The number of rotatable bonds is 14. The Balaban J connectivity index is 0.000000181. The number of imidazole rings is 2. The van der Waals surface area contributed by atoms with Gasteiger partial charge in [0, 0.05) is 48.9 Å². The molecule has 0 aliphatic rings. The summed E-state index contributed by atoms with van der Waals surface area (Å²) in [6.07, 6.45) is 8.54. The summed E-state index contributed by atoms with van der Waals surface area (Å²) in [5.41, 5.74) is 3.85. The first-order chi connectivity index (χ1) is 30.1. The van der Waals surface area contributed by atoms with Crippen LogP contribution in [0, 0.1) is 20.2 Å². The Labute approximate surface area is 355 Å². The highest BCUT2D eigenvalue weighted by atomic mass is 16.6. The molecule has 0 fully saturated rings.